The van der Waals surface area contributed by atoms with Crippen molar-refractivity contribution in [3.63, 3.8) is 0 Å². The van der Waals surface area contributed by atoms with Crippen molar-refractivity contribution >= 4 is 24.1 Å². The molecule has 246 valence electrons. The predicted octanol–water partition coefficient (Wildman–Crippen LogP) is 4.32. The normalized spacial score (nSPS) is 12.3. The molecule has 0 fully saturated rings. The van der Waals surface area contributed by atoms with E-state index < -0.39 is 12.2 Å². The van der Waals surface area contributed by atoms with E-state index in [1.165, 1.54) is 0 Å². The average molecular weight is 604 g/mol. The number of aliphatic hydroxyl groups excluding tert-OH is 1. The minimum Gasteiger partial charge on any atom is -0.466 e. The molecule has 0 radical (unpaired) electrons. The Labute approximate surface area is 252 Å². The molecular weight excluding hydrogens is 546 g/mol. The van der Waals surface area contributed by atoms with E-state index in [1.807, 2.05) is 18.7 Å². The summed E-state index contributed by atoms with van der Waals surface area (Å²) >= 11 is 0. The Kier molecular flexibility index (Phi) is 25.6. The number of alkyl carbamates (subject to hydrolysis) is 2. The quantitative estimate of drug-likeness (QED) is 0.0740. The lowest BCUT2D eigenvalue weighted by atomic mass is 10.2. The Bertz CT molecular complexity index is 668. The van der Waals surface area contributed by atoms with E-state index in [2.05, 4.69) is 24.5 Å². The van der Waals surface area contributed by atoms with Gasteiger partial charge in [-0.3, -0.25) is 14.5 Å². The van der Waals surface area contributed by atoms with Crippen LogP contribution < -0.4 is 10.6 Å². The van der Waals surface area contributed by atoms with Crippen LogP contribution >= 0.6 is 0 Å². The molecule has 0 spiro atoms. The fourth-order valence-electron chi connectivity index (χ4n) is 4.05. The number of nitrogens with zero attached hydrogens (tertiary/aromatic N) is 1. The fourth-order valence-corrected chi connectivity index (χ4v) is 4.05. The number of ether oxygens (including phenoxy) is 4. The van der Waals surface area contributed by atoms with Crippen LogP contribution in [0.3, 0.4) is 0 Å². The van der Waals surface area contributed by atoms with E-state index >= 15 is 0 Å². The molecule has 3 N–H and O–H groups in total. The van der Waals surface area contributed by atoms with Gasteiger partial charge in [-0.15, -0.1) is 0 Å². The van der Waals surface area contributed by atoms with Crippen LogP contribution in [0.2, 0.25) is 0 Å². The molecule has 0 saturated heterocycles. The van der Waals surface area contributed by atoms with E-state index in [0.29, 0.717) is 58.4 Å². The number of rotatable bonds is 26. The van der Waals surface area contributed by atoms with Crippen LogP contribution in [0.25, 0.3) is 0 Å². The largest absolute Gasteiger partial charge is 0.466 e. The zero-order valence-electron chi connectivity index (χ0n) is 26.5. The summed E-state index contributed by atoms with van der Waals surface area (Å²) in [6, 6.07) is 0. The topological polar surface area (TPSA) is 153 Å². The van der Waals surface area contributed by atoms with Gasteiger partial charge in [-0.05, 0) is 51.4 Å². The Balaban J connectivity index is 3.94. The molecule has 0 aromatic rings. The summed E-state index contributed by atoms with van der Waals surface area (Å²) in [4.78, 5) is 49.6. The van der Waals surface area contributed by atoms with Crippen LogP contribution in [0.4, 0.5) is 9.59 Å². The van der Waals surface area contributed by atoms with E-state index in [0.717, 1.165) is 38.5 Å². The summed E-state index contributed by atoms with van der Waals surface area (Å²) < 4.78 is 21.2. The Morgan fingerprint density at radius 3 is 1.45 bits per heavy atom. The highest BCUT2D eigenvalue weighted by atomic mass is 16.6. The van der Waals surface area contributed by atoms with Crippen LogP contribution in [0, 0.1) is 0 Å². The molecule has 0 saturated carbocycles. The van der Waals surface area contributed by atoms with Crippen molar-refractivity contribution in [2.45, 2.75) is 117 Å². The molecule has 0 aliphatic rings. The Morgan fingerprint density at radius 1 is 0.667 bits per heavy atom. The van der Waals surface area contributed by atoms with Crippen molar-refractivity contribution in [3.05, 3.63) is 0 Å². The Morgan fingerprint density at radius 2 is 1.10 bits per heavy atom. The summed E-state index contributed by atoms with van der Waals surface area (Å²) in [5.41, 5.74) is 0. The first-order valence-electron chi connectivity index (χ1n) is 15.8. The third kappa shape index (κ3) is 23.0. The number of carbonyl (C=O) groups is 4. The van der Waals surface area contributed by atoms with Crippen LogP contribution in [0.15, 0.2) is 0 Å². The summed E-state index contributed by atoms with van der Waals surface area (Å²) in [7, 11) is 0. The van der Waals surface area contributed by atoms with Crippen LogP contribution in [0.1, 0.15) is 105 Å². The van der Waals surface area contributed by atoms with E-state index in [-0.39, 0.29) is 56.8 Å². The summed E-state index contributed by atoms with van der Waals surface area (Å²) in [5.74, 6) is -0.711. The number of amides is 2. The first-order chi connectivity index (χ1) is 20.3. The fraction of sp³-hybridized carbons (Fsp3) is 0.867. The molecule has 2 atom stereocenters. The number of aliphatic hydroxyl groups is 1. The molecular formula is C30H57N3O9. The predicted molar refractivity (Wildman–Crippen MR) is 160 cm³/mol. The SMILES string of the molecule is CCCC(CC)OC(=O)NCCCCOC(=O)CCN(CCO)CCC(=O)OCCCCNC(=O)OC(CC)CCC. The molecule has 12 heteroatoms. The minimum absolute atomic E-state index is 0.0615. The van der Waals surface area contributed by atoms with Gasteiger partial charge in [-0.2, -0.15) is 0 Å². The van der Waals surface area contributed by atoms with Gasteiger partial charge in [0.25, 0.3) is 0 Å². The maximum atomic E-state index is 12.1. The monoisotopic (exact) mass is 603 g/mol. The third-order valence-electron chi connectivity index (χ3n) is 6.57. The number of unbranched alkanes of at least 4 members (excludes halogenated alkanes) is 2. The van der Waals surface area contributed by atoms with Gasteiger partial charge in [0.2, 0.25) is 0 Å². The minimum atomic E-state index is -0.417. The first-order valence-corrected chi connectivity index (χ1v) is 15.8. The zero-order valence-corrected chi connectivity index (χ0v) is 26.5. The van der Waals surface area contributed by atoms with Crippen molar-refractivity contribution < 1.29 is 43.2 Å². The molecule has 0 aromatic carbocycles. The molecule has 2 unspecified atom stereocenters. The molecule has 42 heavy (non-hydrogen) atoms. The lowest BCUT2D eigenvalue weighted by molar-refractivity contribution is -0.144. The number of hydrogen-bond donors (Lipinski definition) is 3. The molecule has 2 amide bonds. The average Bonchev–Trinajstić information content (AvgIpc) is 2.97. The first kappa shape index (κ1) is 39.4. The van der Waals surface area contributed by atoms with Crippen molar-refractivity contribution in [1.29, 1.82) is 0 Å². The van der Waals surface area contributed by atoms with Crippen LogP contribution in [-0.4, -0.2) is 98.9 Å². The highest BCUT2D eigenvalue weighted by molar-refractivity contribution is 5.70. The molecule has 0 aliphatic heterocycles. The number of nitrogens with one attached hydrogen (secondary N) is 2. The van der Waals surface area contributed by atoms with Gasteiger partial charge in [0.1, 0.15) is 12.2 Å². The molecule has 0 rings (SSSR count). The van der Waals surface area contributed by atoms with E-state index in [4.69, 9.17) is 18.9 Å². The van der Waals surface area contributed by atoms with Gasteiger partial charge in [0.15, 0.2) is 0 Å². The molecule has 12 nitrogen and oxygen atoms in total. The molecule has 0 heterocycles. The molecule has 0 bridgehead atoms. The maximum absolute atomic E-state index is 12.1. The van der Waals surface area contributed by atoms with Gasteiger partial charge in [-0.1, -0.05) is 40.5 Å². The standard InChI is InChI=1S/C30H57N3O9/c1-5-13-25(7-3)41-29(37)31-17-9-11-23-39-27(35)15-19-33(21-22-34)20-16-28(36)40-24-12-10-18-32-30(38)42-26(8-4)14-6-2/h25-26,34H,5-24H2,1-4H3,(H,31,37)(H,32,38). The van der Waals surface area contributed by atoms with Crippen LogP contribution in [-0.2, 0) is 28.5 Å². The van der Waals surface area contributed by atoms with Gasteiger partial charge < -0.3 is 34.7 Å². The second-order valence-corrected chi connectivity index (χ2v) is 10.2. The highest BCUT2D eigenvalue weighted by Gasteiger charge is 2.14. The lowest BCUT2D eigenvalue weighted by Gasteiger charge is -2.20. The van der Waals surface area contributed by atoms with Crippen molar-refractivity contribution in [2.75, 3.05) is 52.5 Å². The van der Waals surface area contributed by atoms with Gasteiger partial charge in [0, 0.05) is 32.7 Å². The molecule has 0 aliphatic carbocycles. The number of esters is 2. The van der Waals surface area contributed by atoms with Crippen molar-refractivity contribution in [2.24, 2.45) is 0 Å². The van der Waals surface area contributed by atoms with E-state index in [1.54, 1.807) is 0 Å². The second kappa shape index (κ2) is 27.2. The van der Waals surface area contributed by atoms with Gasteiger partial charge in [-0.25, -0.2) is 9.59 Å². The number of carbonyl (C=O) groups excluding carboxylic acids is 4. The zero-order chi connectivity index (χ0) is 31.4. The summed E-state index contributed by atoms with van der Waals surface area (Å²) in [5, 5.41) is 14.8. The van der Waals surface area contributed by atoms with Gasteiger partial charge in [0.05, 0.1) is 32.7 Å². The smallest absolute Gasteiger partial charge is 0.407 e. The lowest BCUT2D eigenvalue weighted by Crippen LogP contribution is -2.32. The molecule has 0 aromatic heterocycles. The van der Waals surface area contributed by atoms with Gasteiger partial charge >= 0.3 is 24.1 Å². The van der Waals surface area contributed by atoms with Crippen molar-refractivity contribution in [1.82, 2.24) is 15.5 Å². The third-order valence-corrected chi connectivity index (χ3v) is 6.57. The van der Waals surface area contributed by atoms with Crippen molar-refractivity contribution in [3.8, 4) is 0 Å². The summed E-state index contributed by atoms with van der Waals surface area (Å²) in [6.45, 7) is 10.4. The Hall–Kier alpha value is -2.60. The highest BCUT2D eigenvalue weighted by Crippen LogP contribution is 2.07. The maximum Gasteiger partial charge on any atom is 0.407 e. The van der Waals surface area contributed by atoms with E-state index in [9.17, 15) is 24.3 Å². The van der Waals surface area contributed by atoms with Crippen LogP contribution in [0.5, 0.6) is 0 Å². The number of hydrogen-bond acceptors (Lipinski definition) is 10. The second-order valence-electron chi connectivity index (χ2n) is 10.2. The summed E-state index contributed by atoms with van der Waals surface area (Å²) in [6.07, 6.45) is 7.06.